The highest BCUT2D eigenvalue weighted by atomic mass is 16.3. The molecule has 7 heteroatoms. The maximum absolute atomic E-state index is 11.8. The predicted molar refractivity (Wildman–Crippen MR) is 66.3 cm³/mol. The van der Waals surface area contributed by atoms with Crippen LogP contribution in [0.5, 0.6) is 0 Å². The second kappa shape index (κ2) is 5.52. The molecule has 0 spiro atoms. The number of aryl methyl sites for hydroxylation is 1. The normalized spacial score (nSPS) is 23.5. The summed E-state index contributed by atoms with van der Waals surface area (Å²) in [6, 6.07) is 3.33. The highest BCUT2D eigenvalue weighted by Gasteiger charge is 2.30. The van der Waals surface area contributed by atoms with Crippen LogP contribution in [-0.4, -0.2) is 63.3 Å². The van der Waals surface area contributed by atoms with Gasteiger partial charge in [0, 0.05) is 26.3 Å². The van der Waals surface area contributed by atoms with E-state index in [4.69, 9.17) is 0 Å². The Hall–Kier alpha value is -1.70. The first-order chi connectivity index (χ1) is 8.97. The molecule has 2 heterocycles. The number of aromatic nitrogens is 1. The van der Waals surface area contributed by atoms with Gasteiger partial charge < -0.3 is 14.8 Å². The monoisotopic (exact) mass is 267 g/mol. The second-order valence-corrected chi connectivity index (χ2v) is 4.71. The minimum Gasteiger partial charge on any atom is -0.389 e. The van der Waals surface area contributed by atoms with Gasteiger partial charge in [-0.15, -0.1) is 0 Å². The number of rotatable bonds is 3. The molecule has 1 aliphatic heterocycles. The van der Waals surface area contributed by atoms with Gasteiger partial charge in [0.25, 0.3) is 5.91 Å². The van der Waals surface area contributed by atoms with E-state index in [1.54, 1.807) is 34.8 Å². The molecule has 7 nitrogen and oxygen atoms in total. The zero-order valence-electron chi connectivity index (χ0n) is 10.6. The maximum Gasteiger partial charge on any atom is 0.274 e. The zero-order chi connectivity index (χ0) is 14.0. The smallest absolute Gasteiger partial charge is 0.274 e. The summed E-state index contributed by atoms with van der Waals surface area (Å²) in [4.78, 5) is 25.1. The van der Waals surface area contributed by atoms with E-state index in [9.17, 15) is 19.8 Å². The van der Waals surface area contributed by atoms with Crippen molar-refractivity contribution in [2.75, 3.05) is 19.6 Å². The van der Waals surface area contributed by atoms with Gasteiger partial charge in [-0.1, -0.05) is 0 Å². The largest absolute Gasteiger partial charge is 0.389 e. The Morgan fingerprint density at radius 3 is 2.53 bits per heavy atom. The molecule has 3 N–H and O–H groups in total. The summed E-state index contributed by atoms with van der Waals surface area (Å²) in [5.74, 6) is -0.912. The van der Waals surface area contributed by atoms with Gasteiger partial charge >= 0.3 is 0 Å². The molecular weight excluding hydrogens is 250 g/mol. The molecule has 19 heavy (non-hydrogen) atoms. The van der Waals surface area contributed by atoms with Gasteiger partial charge in [-0.3, -0.25) is 19.8 Å². The topological polar surface area (TPSA) is 94.8 Å². The van der Waals surface area contributed by atoms with Gasteiger partial charge in [-0.2, -0.15) is 0 Å². The van der Waals surface area contributed by atoms with Crippen LogP contribution in [-0.2, 0) is 11.8 Å². The summed E-state index contributed by atoms with van der Waals surface area (Å²) in [6.07, 6.45) is 0.0415. The average molecular weight is 267 g/mol. The highest BCUT2D eigenvalue weighted by molar-refractivity contribution is 6.04. The molecular formula is C12H17N3O4. The third-order valence-electron chi connectivity index (χ3n) is 3.13. The van der Waals surface area contributed by atoms with Crippen LogP contribution >= 0.6 is 0 Å². The summed E-state index contributed by atoms with van der Waals surface area (Å²) in [5, 5.41) is 21.0. The lowest BCUT2D eigenvalue weighted by molar-refractivity contribution is -0.121. The van der Waals surface area contributed by atoms with Crippen molar-refractivity contribution in [1.82, 2.24) is 14.8 Å². The first kappa shape index (κ1) is 13.7. The summed E-state index contributed by atoms with van der Waals surface area (Å²) in [5.41, 5.74) is 0.398. The average Bonchev–Trinajstić information content (AvgIpc) is 2.86. The van der Waals surface area contributed by atoms with Crippen molar-refractivity contribution >= 4 is 11.8 Å². The van der Waals surface area contributed by atoms with Crippen LogP contribution in [0.15, 0.2) is 18.3 Å². The van der Waals surface area contributed by atoms with Crippen LogP contribution in [0.3, 0.4) is 0 Å². The number of imide groups is 1. The molecule has 0 unspecified atom stereocenters. The molecule has 1 aromatic rings. The van der Waals surface area contributed by atoms with Crippen LogP contribution < -0.4 is 5.32 Å². The van der Waals surface area contributed by atoms with E-state index < -0.39 is 24.0 Å². The van der Waals surface area contributed by atoms with E-state index in [-0.39, 0.29) is 19.6 Å². The van der Waals surface area contributed by atoms with Gasteiger partial charge in [0.15, 0.2) is 0 Å². The Balaban J connectivity index is 1.85. The number of carbonyl (C=O) groups excluding carboxylic acids is 2. The molecule has 104 valence electrons. The van der Waals surface area contributed by atoms with Crippen LogP contribution in [0.25, 0.3) is 0 Å². The van der Waals surface area contributed by atoms with Crippen LogP contribution in [0.2, 0.25) is 0 Å². The van der Waals surface area contributed by atoms with Gasteiger partial charge in [0.2, 0.25) is 5.91 Å². The molecule has 0 aliphatic carbocycles. The van der Waals surface area contributed by atoms with Gasteiger partial charge in [-0.05, 0) is 12.1 Å². The number of aliphatic hydroxyl groups excluding tert-OH is 2. The number of nitrogens with one attached hydrogen (secondary N) is 1. The molecule has 1 aromatic heterocycles. The van der Waals surface area contributed by atoms with Gasteiger partial charge in [0.05, 0.1) is 18.8 Å². The Bertz CT molecular complexity index is 475. The number of amides is 2. The van der Waals surface area contributed by atoms with Crippen molar-refractivity contribution in [1.29, 1.82) is 0 Å². The second-order valence-electron chi connectivity index (χ2n) is 4.71. The summed E-state index contributed by atoms with van der Waals surface area (Å²) < 4.78 is 1.62. The summed E-state index contributed by atoms with van der Waals surface area (Å²) in [6.45, 7) is 0.435. The number of β-amino-alcohol motifs (C(OH)–C–C–N with tert-alkyl or cyclic N) is 2. The third-order valence-corrected chi connectivity index (χ3v) is 3.13. The fraction of sp³-hybridized carbons (Fsp3) is 0.500. The van der Waals surface area contributed by atoms with E-state index in [1.165, 1.54) is 0 Å². The number of hydrogen-bond acceptors (Lipinski definition) is 5. The molecule has 0 bridgehead atoms. The highest BCUT2D eigenvalue weighted by Crippen LogP contribution is 2.09. The molecule has 1 aliphatic rings. The lowest BCUT2D eigenvalue weighted by atomic mass is 10.3. The Morgan fingerprint density at radius 1 is 1.37 bits per heavy atom. The number of likely N-dealkylation sites (tertiary alicyclic amines) is 1. The van der Waals surface area contributed by atoms with Gasteiger partial charge in [-0.25, -0.2) is 0 Å². The summed E-state index contributed by atoms with van der Waals surface area (Å²) >= 11 is 0. The van der Waals surface area contributed by atoms with Gasteiger partial charge in [0.1, 0.15) is 5.69 Å². The van der Waals surface area contributed by atoms with E-state index in [0.29, 0.717) is 5.69 Å². The van der Waals surface area contributed by atoms with Crippen molar-refractivity contribution < 1.29 is 19.8 Å². The van der Waals surface area contributed by atoms with Crippen molar-refractivity contribution in [3.05, 3.63) is 24.0 Å². The number of hydrogen-bond donors (Lipinski definition) is 3. The maximum atomic E-state index is 11.8. The molecule has 2 amide bonds. The molecule has 2 rings (SSSR count). The van der Waals surface area contributed by atoms with Crippen LogP contribution in [0, 0.1) is 0 Å². The van der Waals surface area contributed by atoms with Crippen molar-refractivity contribution in [3.63, 3.8) is 0 Å². The standard InChI is InChI=1S/C12H17N3O4/c1-14-4-2-3-8(14)12(19)13-11(18)7-15-5-9(16)10(17)6-15/h2-4,9-10,16-17H,5-7H2,1H3,(H,13,18,19)/t9-,10+. The predicted octanol–water partition coefficient (Wildman–Crippen LogP) is -1.68. The quantitative estimate of drug-likeness (QED) is 0.608. The first-order valence-corrected chi connectivity index (χ1v) is 6.01. The van der Waals surface area contributed by atoms with Crippen LogP contribution in [0.1, 0.15) is 10.5 Å². The molecule has 1 fully saturated rings. The first-order valence-electron chi connectivity index (χ1n) is 6.01. The number of carbonyl (C=O) groups is 2. The van der Waals surface area contributed by atoms with E-state index in [0.717, 1.165) is 0 Å². The molecule has 1 saturated heterocycles. The SMILES string of the molecule is Cn1cccc1C(=O)NC(=O)CN1C[C@@H](O)[C@@H](O)C1. The lowest BCUT2D eigenvalue weighted by Gasteiger charge is -2.13. The Kier molecular flexibility index (Phi) is 3.98. The fourth-order valence-corrected chi connectivity index (χ4v) is 2.11. The Morgan fingerprint density at radius 2 is 2.00 bits per heavy atom. The molecule has 2 atom stereocenters. The van der Waals surface area contributed by atoms with Crippen LogP contribution in [0.4, 0.5) is 0 Å². The van der Waals surface area contributed by atoms with Crippen molar-refractivity contribution in [2.24, 2.45) is 7.05 Å². The Labute approximate surface area is 110 Å². The minimum atomic E-state index is -0.837. The molecule has 0 saturated carbocycles. The zero-order valence-corrected chi connectivity index (χ0v) is 10.6. The van der Waals surface area contributed by atoms with E-state index in [2.05, 4.69) is 5.32 Å². The lowest BCUT2D eigenvalue weighted by Crippen LogP contribution is -2.40. The fourth-order valence-electron chi connectivity index (χ4n) is 2.11. The third kappa shape index (κ3) is 3.19. The number of aliphatic hydroxyl groups is 2. The molecule has 0 radical (unpaired) electrons. The van der Waals surface area contributed by atoms with Crippen molar-refractivity contribution in [2.45, 2.75) is 12.2 Å². The van der Waals surface area contributed by atoms with E-state index >= 15 is 0 Å². The van der Waals surface area contributed by atoms with Crippen molar-refractivity contribution in [3.8, 4) is 0 Å². The minimum absolute atomic E-state index is 0.0235. The molecule has 0 aromatic carbocycles. The summed E-state index contributed by atoms with van der Waals surface area (Å²) in [7, 11) is 1.71. The number of nitrogens with zero attached hydrogens (tertiary/aromatic N) is 2. The van der Waals surface area contributed by atoms with E-state index in [1.807, 2.05) is 0 Å².